The lowest BCUT2D eigenvalue weighted by molar-refractivity contribution is 0.832. The van der Waals surface area contributed by atoms with Crippen LogP contribution in [0.5, 0.6) is 0 Å². The van der Waals surface area contributed by atoms with Gasteiger partial charge < -0.3 is 14.1 Å². The van der Waals surface area contributed by atoms with E-state index >= 15 is 0 Å². The molecule has 4 heteroatoms. The minimum Gasteiger partial charge on any atom is -0.381 e. The fraction of sp³-hybridized carbons (Fsp3) is 0.0667. The molecule has 0 amide bonds. The molecule has 0 bridgehead atoms. The molecule has 0 aliphatic carbocycles. The highest BCUT2D eigenvalue weighted by Gasteiger charge is 2.15. The Bertz CT molecular complexity index is 629. The number of halogens is 1. The van der Waals surface area contributed by atoms with Crippen LogP contribution in [0.1, 0.15) is 11.3 Å². The fourth-order valence-electron chi connectivity index (χ4n) is 2.37. The first-order valence-electron chi connectivity index (χ1n) is 6.32. The standard InChI is InChI=1S/C15H14BFN2/c17-16-19-11-5-9-14(19)15(13-8-4-10-18-13)12-6-2-1-3-7-12/h1-9,11,16,18H,10H2/b15-13-. The summed E-state index contributed by atoms with van der Waals surface area (Å²) in [5.74, 6) is 0. The Morgan fingerprint density at radius 1 is 1.16 bits per heavy atom. The summed E-state index contributed by atoms with van der Waals surface area (Å²) in [5, 5.41) is 3.33. The van der Waals surface area contributed by atoms with E-state index in [1.165, 1.54) is 0 Å². The van der Waals surface area contributed by atoms with E-state index < -0.39 is 7.69 Å². The minimum atomic E-state index is -0.518. The number of nitrogens with zero attached hydrogens (tertiary/aromatic N) is 1. The van der Waals surface area contributed by atoms with E-state index in [0.717, 1.165) is 29.1 Å². The maximum Gasteiger partial charge on any atom is 0.448 e. The average Bonchev–Trinajstić information content (AvgIpc) is 3.12. The first kappa shape index (κ1) is 11.8. The van der Waals surface area contributed by atoms with Crippen molar-refractivity contribution in [2.45, 2.75) is 0 Å². The molecule has 2 aromatic rings. The van der Waals surface area contributed by atoms with Crippen molar-refractivity contribution in [3.8, 4) is 0 Å². The number of nitrogens with one attached hydrogen (secondary N) is 1. The van der Waals surface area contributed by atoms with Crippen LogP contribution < -0.4 is 5.32 Å². The van der Waals surface area contributed by atoms with E-state index in [4.69, 9.17) is 0 Å². The summed E-state index contributed by atoms with van der Waals surface area (Å²) in [4.78, 5) is 0. The Morgan fingerprint density at radius 2 is 2.00 bits per heavy atom. The first-order valence-corrected chi connectivity index (χ1v) is 6.32. The Kier molecular flexibility index (Phi) is 3.23. The Morgan fingerprint density at radius 3 is 2.68 bits per heavy atom. The van der Waals surface area contributed by atoms with Gasteiger partial charge in [0.05, 0.1) is 0 Å². The molecule has 0 atom stereocenters. The van der Waals surface area contributed by atoms with E-state index in [-0.39, 0.29) is 0 Å². The van der Waals surface area contributed by atoms with Gasteiger partial charge in [0.15, 0.2) is 0 Å². The molecule has 0 spiro atoms. The quantitative estimate of drug-likeness (QED) is 0.830. The van der Waals surface area contributed by atoms with Gasteiger partial charge in [-0.05, 0) is 30.0 Å². The molecule has 0 fully saturated rings. The van der Waals surface area contributed by atoms with Gasteiger partial charge in [-0.15, -0.1) is 0 Å². The summed E-state index contributed by atoms with van der Waals surface area (Å²) in [5.41, 5.74) is 4.06. The van der Waals surface area contributed by atoms with Crippen LogP contribution in [0.25, 0.3) is 5.57 Å². The molecule has 1 N–H and O–H groups in total. The molecule has 2 heterocycles. The van der Waals surface area contributed by atoms with E-state index in [1.807, 2.05) is 42.5 Å². The van der Waals surface area contributed by atoms with Crippen molar-refractivity contribution >= 4 is 13.3 Å². The number of hydrogen-bond donors (Lipinski definition) is 1. The van der Waals surface area contributed by atoms with E-state index in [2.05, 4.69) is 17.5 Å². The van der Waals surface area contributed by atoms with Gasteiger partial charge in [-0.2, -0.15) is 0 Å². The highest BCUT2D eigenvalue weighted by Crippen LogP contribution is 2.27. The molecule has 1 aliphatic rings. The van der Waals surface area contributed by atoms with Crippen LogP contribution >= 0.6 is 0 Å². The minimum absolute atomic E-state index is 0.518. The number of rotatable bonds is 3. The second-order valence-electron chi connectivity index (χ2n) is 4.42. The topological polar surface area (TPSA) is 17.0 Å². The lowest BCUT2D eigenvalue weighted by Gasteiger charge is -2.14. The zero-order valence-corrected chi connectivity index (χ0v) is 10.5. The van der Waals surface area contributed by atoms with E-state index in [9.17, 15) is 4.32 Å². The van der Waals surface area contributed by atoms with E-state index in [0.29, 0.717) is 0 Å². The molecule has 1 aromatic heterocycles. The third kappa shape index (κ3) is 2.21. The Labute approximate surface area is 112 Å². The summed E-state index contributed by atoms with van der Waals surface area (Å²) in [6.07, 6.45) is 5.89. The van der Waals surface area contributed by atoms with Gasteiger partial charge >= 0.3 is 7.69 Å². The molecular formula is C15H14BFN2. The lowest BCUT2D eigenvalue weighted by Crippen LogP contribution is -2.11. The molecule has 0 saturated carbocycles. The van der Waals surface area contributed by atoms with Gasteiger partial charge in [0.25, 0.3) is 0 Å². The van der Waals surface area contributed by atoms with Crippen molar-refractivity contribution < 1.29 is 4.32 Å². The molecule has 3 rings (SSSR count). The highest BCUT2D eigenvalue weighted by molar-refractivity contribution is 6.25. The van der Waals surface area contributed by atoms with Crippen molar-refractivity contribution in [3.63, 3.8) is 0 Å². The first-order chi connectivity index (χ1) is 9.40. The summed E-state index contributed by atoms with van der Waals surface area (Å²) < 4.78 is 14.7. The number of benzene rings is 1. The van der Waals surface area contributed by atoms with Crippen LogP contribution in [-0.4, -0.2) is 18.7 Å². The van der Waals surface area contributed by atoms with Crippen LogP contribution in [0, 0.1) is 0 Å². The fourth-order valence-corrected chi connectivity index (χ4v) is 2.37. The average molecular weight is 252 g/mol. The molecule has 0 unspecified atom stereocenters. The molecule has 19 heavy (non-hydrogen) atoms. The van der Waals surface area contributed by atoms with Crippen LogP contribution in [0.4, 0.5) is 4.32 Å². The maximum atomic E-state index is 13.1. The SMILES string of the molecule is FBn1cccc1/C(=C1/C=CCN1)c1ccccc1. The Hall–Kier alpha value is -2.23. The summed E-state index contributed by atoms with van der Waals surface area (Å²) in [6.45, 7) is 0.821. The molecule has 2 nitrogen and oxygen atoms in total. The van der Waals surface area contributed by atoms with Gasteiger partial charge in [-0.1, -0.05) is 36.4 Å². The molecule has 94 valence electrons. The summed E-state index contributed by atoms with van der Waals surface area (Å²) in [7, 11) is -0.518. The molecule has 1 aromatic carbocycles. The second kappa shape index (κ2) is 5.18. The molecule has 0 saturated heterocycles. The van der Waals surface area contributed by atoms with E-state index in [1.54, 1.807) is 10.7 Å². The van der Waals surface area contributed by atoms with Crippen molar-refractivity contribution in [3.05, 3.63) is 77.8 Å². The summed E-state index contributed by atoms with van der Waals surface area (Å²) >= 11 is 0. The summed E-state index contributed by atoms with van der Waals surface area (Å²) in [6, 6.07) is 13.9. The normalized spacial score (nSPS) is 16.3. The van der Waals surface area contributed by atoms with Crippen molar-refractivity contribution in [2.24, 2.45) is 0 Å². The molecule has 1 aliphatic heterocycles. The van der Waals surface area contributed by atoms with Gasteiger partial charge in [0.1, 0.15) is 0 Å². The largest absolute Gasteiger partial charge is 0.448 e. The van der Waals surface area contributed by atoms with Crippen molar-refractivity contribution in [1.82, 2.24) is 9.79 Å². The maximum absolute atomic E-state index is 13.1. The van der Waals surface area contributed by atoms with Crippen LogP contribution in [0.15, 0.2) is 66.5 Å². The van der Waals surface area contributed by atoms with Gasteiger partial charge in [0, 0.05) is 23.5 Å². The zero-order valence-electron chi connectivity index (χ0n) is 10.5. The second-order valence-corrected chi connectivity index (χ2v) is 4.42. The van der Waals surface area contributed by atoms with Crippen molar-refractivity contribution in [1.29, 1.82) is 0 Å². The molecule has 0 radical (unpaired) electrons. The predicted octanol–water partition coefficient (Wildman–Crippen LogP) is 2.49. The van der Waals surface area contributed by atoms with Crippen LogP contribution in [-0.2, 0) is 0 Å². The monoisotopic (exact) mass is 252 g/mol. The number of aromatic nitrogens is 1. The van der Waals surface area contributed by atoms with Gasteiger partial charge in [-0.25, -0.2) is 0 Å². The van der Waals surface area contributed by atoms with Gasteiger partial charge in [0.2, 0.25) is 0 Å². The third-order valence-corrected chi connectivity index (χ3v) is 3.24. The van der Waals surface area contributed by atoms with Gasteiger partial charge in [-0.3, -0.25) is 0 Å². The zero-order chi connectivity index (χ0) is 13.1. The van der Waals surface area contributed by atoms with Crippen LogP contribution in [0.3, 0.4) is 0 Å². The number of allylic oxidation sites excluding steroid dienone is 1. The van der Waals surface area contributed by atoms with Crippen molar-refractivity contribution in [2.75, 3.05) is 6.54 Å². The predicted molar refractivity (Wildman–Crippen MR) is 77.7 cm³/mol. The number of hydrogen-bond acceptors (Lipinski definition) is 1. The smallest absolute Gasteiger partial charge is 0.381 e. The lowest BCUT2D eigenvalue weighted by atomic mass is 9.99. The Balaban J connectivity index is 2.19. The highest BCUT2D eigenvalue weighted by atomic mass is 19.1. The third-order valence-electron chi connectivity index (χ3n) is 3.24. The van der Waals surface area contributed by atoms with Crippen LogP contribution in [0.2, 0.25) is 0 Å². The molecular weight excluding hydrogens is 238 g/mol.